The molecule has 0 aromatic carbocycles. The van der Waals surface area contributed by atoms with Gasteiger partial charge in [-0.05, 0) is 12.8 Å². The van der Waals surface area contributed by atoms with E-state index in [9.17, 15) is 9.36 Å². The van der Waals surface area contributed by atoms with Gasteiger partial charge >= 0.3 is 13.8 Å². The third-order valence-corrected chi connectivity index (χ3v) is 2.61. The van der Waals surface area contributed by atoms with Gasteiger partial charge in [-0.2, -0.15) is 0 Å². The number of phosphoric acid groups is 1. The summed E-state index contributed by atoms with van der Waals surface area (Å²) in [7, 11) is -4.34. The summed E-state index contributed by atoms with van der Waals surface area (Å²) in [6.07, 6.45) is 5.40. The highest BCUT2D eigenvalue weighted by molar-refractivity contribution is 7.46. The second-order valence-corrected chi connectivity index (χ2v) is 4.93. The SMILES string of the molecule is [2H]C(CCCCCCCOP(=O)(O)O)OC(=O)C=C. The van der Waals surface area contributed by atoms with Gasteiger partial charge < -0.3 is 14.5 Å². The van der Waals surface area contributed by atoms with Crippen molar-refractivity contribution in [1.29, 1.82) is 0 Å². The molecule has 1 atom stereocenters. The van der Waals surface area contributed by atoms with Crippen LogP contribution in [0.5, 0.6) is 0 Å². The van der Waals surface area contributed by atoms with Crippen LogP contribution in [0.2, 0.25) is 0 Å². The van der Waals surface area contributed by atoms with Crippen LogP contribution < -0.4 is 0 Å². The van der Waals surface area contributed by atoms with Crippen LogP contribution in [0, 0.1) is 0 Å². The molecule has 0 spiro atoms. The molecule has 6 nitrogen and oxygen atoms in total. The quantitative estimate of drug-likeness (QED) is 0.261. The van der Waals surface area contributed by atoms with Crippen molar-refractivity contribution < 1.29 is 29.8 Å². The lowest BCUT2D eigenvalue weighted by Gasteiger charge is -2.05. The van der Waals surface area contributed by atoms with Gasteiger partial charge in [0.05, 0.1) is 14.6 Å². The van der Waals surface area contributed by atoms with E-state index in [0.29, 0.717) is 12.8 Å². The number of rotatable bonds is 11. The van der Waals surface area contributed by atoms with E-state index in [-0.39, 0.29) is 6.61 Å². The van der Waals surface area contributed by atoms with Crippen LogP contribution in [0.15, 0.2) is 12.7 Å². The second kappa shape index (κ2) is 10.3. The summed E-state index contributed by atoms with van der Waals surface area (Å²) in [6.45, 7) is 2.43. The minimum Gasteiger partial charge on any atom is -0.463 e. The Kier molecular flexibility index (Phi) is 8.77. The molecule has 0 saturated heterocycles. The smallest absolute Gasteiger partial charge is 0.463 e. The van der Waals surface area contributed by atoms with Crippen LogP contribution in [0.1, 0.15) is 39.9 Å². The van der Waals surface area contributed by atoms with Gasteiger partial charge in [-0.15, -0.1) is 0 Å². The van der Waals surface area contributed by atoms with Gasteiger partial charge in [0.2, 0.25) is 0 Å². The van der Waals surface area contributed by atoms with E-state index in [2.05, 4.69) is 15.8 Å². The molecule has 0 aromatic heterocycles. The van der Waals surface area contributed by atoms with Crippen molar-refractivity contribution in [1.82, 2.24) is 0 Å². The fraction of sp³-hybridized carbons (Fsp3) is 0.727. The van der Waals surface area contributed by atoms with Crippen molar-refractivity contribution in [2.24, 2.45) is 0 Å². The van der Waals surface area contributed by atoms with Gasteiger partial charge in [-0.1, -0.05) is 32.3 Å². The molecule has 0 amide bonds. The Morgan fingerprint density at radius 1 is 1.22 bits per heavy atom. The number of unbranched alkanes of at least 4 members (excludes halogenated alkanes) is 4. The summed E-state index contributed by atoms with van der Waals surface area (Å²) >= 11 is 0. The lowest BCUT2D eigenvalue weighted by Crippen LogP contribution is -2.01. The predicted molar refractivity (Wildman–Crippen MR) is 66.9 cm³/mol. The molecule has 0 saturated carbocycles. The summed E-state index contributed by atoms with van der Waals surface area (Å²) in [4.78, 5) is 27.6. The van der Waals surface area contributed by atoms with Crippen LogP contribution in [0.3, 0.4) is 0 Å². The molecule has 1 unspecified atom stereocenters. The number of hydrogen-bond donors (Lipinski definition) is 2. The molecule has 0 heterocycles. The first-order valence-electron chi connectivity index (χ1n) is 6.38. The van der Waals surface area contributed by atoms with Crippen molar-refractivity contribution >= 4 is 13.8 Å². The minimum absolute atomic E-state index is 0.0439. The molecule has 0 aromatic rings. The third kappa shape index (κ3) is 13.4. The van der Waals surface area contributed by atoms with Crippen LogP contribution in [-0.2, 0) is 18.6 Å². The van der Waals surface area contributed by atoms with Gasteiger partial charge in [0.15, 0.2) is 0 Å². The van der Waals surface area contributed by atoms with E-state index in [4.69, 9.17) is 11.2 Å². The fourth-order valence-corrected chi connectivity index (χ4v) is 1.60. The molecule has 0 fully saturated rings. The Balaban J connectivity index is 3.34. The highest BCUT2D eigenvalue weighted by Gasteiger charge is 2.12. The van der Waals surface area contributed by atoms with Gasteiger partial charge in [-0.25, -0.2) is 9.36 Å². The van der Waals surface area contributed by atoms with E-state index >= 15 is 0 Å². The van der Waals surface area contributed by atoms with Gasteiger partial charge in [0.1, 0.15) is 0 Å². The summed E-state index contributed by atoms with van der Waals surface area (Å²) in [5.41, 5.74) is 0. The van der Waals surface area contributed by atoms with Crippen LogP contribution >= 0.6 is 7.82 Å². The van der Waals surface area contributed by atoms with Crippen molar-refractivity contribution in [2.45, 2.75) is 38.5 Å². The van der Waals surface area contributed by atoms with Gasteiger partial charge in [0.25, 0.3) is 0 Å². The molecule has 0 radical (unpaired) electrons. The van der Waals surface area contributed by atoms with Crippen LogP contribution in [0.25, 0.3) is 0 Å². The summed E-state index contributed by atoms with van der Waals surface area (Å²) < 4.78 is 26.8. The average Bonchev–Trinajstić information content (AvgIpc) is 2.31. The molecule has 0 aliphatic heterocycles. The Morgan fingerprint density at radius 2 is 1.78 bits per heavy atom. The molecule has 18 heavy (non-hydrogen) atoms. The summed E-state index contributed by atoms with van der Waals surface area (Å²) in [6, 6.07) is 0. The summed E-state index contributed by atoms with van der Waals surface area (Å²) in [5.74, 6) is -0.588. The zero-order valence-electron chi connectivity index (χ0n) is 11.3. The molecule has 0 bridgehead atoms. The molecular weight excluding hydrogens is 259 g/mol. The van der Waals surface area contributed by atoms with Crippen molar-refractivity contribution in [2.75, 3.05) is 13.2 Å². The molecular formula is C11H21O6P. The Labute approximate surface area is 109 Å². The summed E-state index contributed by atoms with van der Waals surface area (Å²) in [5, 5.41) is 0. The van der Waals surface area contributed by atoms with Gasteiger partial charge in [0, 0.05) is 6.08 Å². The number of phosphoric ester groups is 1. The number of carbonyl (C=O) groups excluding carboxylic acids is 1. The number of carbonyl (C=O) groups is 1. The van der Waals surface area contributed by atoms with E-state index < -0.39 is 20.4 Å². The Morgan fingerprint density at radius 3 is 2.33 bits per heavy atom. The third-order valence-electron chi connectivity index (χ3n) is 2.09. The number of hydrogen-bond acceptors (Lipinski definition) is 4. The molecule has 7 heteroatoms. The van der Waals surface area contributed by atoms with Crippen LogP contribution in [-0.4, -0.2) is 28.9 Å². The van der Waals surface area contributed by atoms with Crippen molar-refractivity contribution in [3.8, 4) is 0 Å². The van der Waals surface area contributed by atoms with Crippen molar-refractivity contribution in [3.63, 3.8) is 0 Å². The maximum absolute atomic E-state index is 10.8. The fourth-order valence-electron chi connectivity index (χ4n) is 1.23. The van der Waals surface area contributed by atoms with E-state index in [0.717, 1.165) is 31.8 Å². The highest BCUT2D eigenvalue weighted by atomic mass is 31.2. The maximum Gasteiger partial charge on any atom is 0.469 e. The molecule has 0 aliphatic carbocycles. The molecule has 0 rings (SSSR count). The first kappa shape index (κ1) is 15.4. The van der Waals surface area contributed by atoms with Crippen LogP contribution in [0.4, 0.5) is 0 Å². The first-order valence-corrected chi connectivity index (χ1v) is 7.33. The van der Waals surface area contributed by atoms with Gasteiger partial charge in [-0.3, -0.25) is 4.52 Å². The lowest BCUT2D eigenvalue weighted by atomic mass is 10.1. The zero-order valence-corrected chi connectivity index (χ0v) is 11.2. The zero-order chi connectivity index (χ0) is 14.7. The van der Waals surface area contributed by atoms with Crippen molar-refractivity contribution in [3.05, 3.63) is 12.7 Å². The monoisotopic (exact) mass is 281 g/mol. The largest absolute Gasteiger partial charge is 0.469 e. The lowest BCUT2D eigenvalue weighted by molar-refractivity contribution is -0.137. The number of esters is 1. The Bertz CT molecular complexity index is 316. The second-order valence-electron chi connectivity index (χ2n) is 3.69. The van der Waals surface area contributed by atoms with E-state index in [1.165, 1.54) is 0 Å². The van der Waals surface area contributed by atoms with E-state index in [1.807, 2.05) is 0 Å². The molecule has 0 aliphatic rings. The Hall–Kier alpha value is -0.680. The number of ether oxygens (including phenoxy) is 1. The predicted octanol–water partition coefficient (Wildman–Crippen LogP) is 2.17. The van der Waals surface area contributed by atoms with E-state index in [1.54, 1.807) is 0 Å². The maximum atomic E-state index is 10.8. The standard InChI is InChI=1S/C11H21O6P/c1-2-11(12)16-9-7-5-3-4-6-8-10-17-18(13,14)15/h2H,1,3-10H2,(H2,13,14,15)/i9D. The molecule has 106 valence electrons. The topological polar surface area (TPSA) is 93.1 Å². The highest BCUT2D eigenvalue weighted by Crippen LogP contribution is 2.35. The molecule has 2 N–H and O–H groups in total. The average molecular weight is 281 g/mol. The first-order chi connectivity index (χ1) is 8.85. The normalized spacial score (nSPS) is 13.8. The minimum atomic E-state index is -4.34.